The maximum Gasteiger partial charge on any atom is 0.234 e. The van der Waals surface area contributed by atoms with Gasteiger partial charge in [-0.15, -0.1) is 0 Å². The lowest BCUT2D eigenvalue weighted by atomic mass is 10.1. The number of carbonyl (C=O) groups excluding carboxylic acids is 1. The minimum Gasteiger partial charge on any atom is -0.362 e. The SMILES string of the molecule is CN(C)C(=NC=O)c1ccc(Cl)cc1N(C)c1ccccc1F. The van der Waals surface area contributed by atoms with Crippen molar-refractivity contribution in [1.29, 1.82) is 0 Å². The summed E-state index contributed by atoms with van der Waals surface area (Å²) in [5, 5.41) is 0.510. The van der Waals surface area contributed by atoms with Gasteiger partial charge in [0.1, 0.15) is 11.7 Å². The summed E-state index contributed by atoms with van der Waals surface area (Å²) in [4.78, 5) is 18.1. The topological polar surface area (TPSA) is 35.9 Å². The standard InChI is InChI=1S/C17H17ClFN3O/c1-21(2)17(20-11-23)13-9-8-12(18)10-16(13)22(3)15-7-5-4-6-14(15)19/h4-11H,1-3H3. The Morgan fingerprint density at radius 3 is 2.43 bits per heavy atom. The van der Waals surface area contributed by atoms with Gasteiger partial charge in [0, 0.05) is 31.7 Å². The summed E-state index contributed by atoms with van der Waals surface area (Å²) in [6, 6.07) is 11.6. The van der Waals surface area contributed by atoms with Crippen molar-refractivity contribution in [3.63, 3.8) is 0 Å². The number of para-hydroxylation sites is 1. The number of hydrogen-bond donors (Lipinski definition) is 0. The first-order valence-corrected chi connectivity index (χ1v) is 7.30. The molecule has 0 aliphatic carbocycles. The zero-order valence-electron chi connectivity index (χ0n) is 13.1. The van der Waals surface area contributed by atoms with Crippen molar-refractivity contribution < 1.29 is 9.18 Å². The van der Waals surface area contributed by atoms with Crippen LogP contribution in [-0.2, 0) is 4.79 Å². The normalized spacial score (nSPS) is 11.3. The fraction of sp³-hybridized carbons (Fsp3) is 0.176. The quantitative estimate of drug-likeness (QED) is 0.486. The first-order chi connectivity index (χ1) is 11.0. The Morgan fingerprint density at radius 1 is 1.13 bits per heavy atom. The number of nitrogens with zero attached hydrogens (tertiary/aromatic N) is 3. The van der Waals surface area contributed by atoms with E-state index in [9.17, 15) is 9.18 Å². The van der Waals surface area contributed by atoms with Crippen LogP contribution >= 0.6 is 11.6 Å². The Bertz CT molecular complexity index is 746. The lowest BCUT2D eigenvalue weighted by molar-refractivity contribution is -0.106. The van der Waals surface area contributed by atoms with Crippen LogP contribution in [0.1, 0.15) is 5.56 Å². The Morgan fingerprint density at radius 2 is 1.83 bits per heavy atom. The average molecular weight is 334 g/mol. The van der Waals surface area contributed by atoms with E-state index in [1.165, 1.54) is 6.07 Å². The maximum absolute atomic E-state index is 14.1. The number of rotatable bonds is 4. The van der Waals surface area contributed by atoms with Crippen molar-refractivity contribution in [2.24, 2.45) is 4.99 Å². The van der Waals surface area contributed by atoms with E-state index in [1.54, 1.807) is 67.3 Å². The van der Waals surface area contributed by atoms with E-state index in [4.69, 9.17) is 11.6 Å². The van der Waals surface area contributed by atoms with E-state index in [-0.39, 0.29) is 5.82 Å². The van der Waals surface area contributed by atoms with Crippen LogP contribution in [0.15, 0.2) is 47.5 Å². The van der Waals surface area contributed by atoms with E-state index in [2.05, 4.69) is 4.99 Å². The zero-order chi connectivity index (χ0) is 17.0. The van der Waals surface area contributed by atoms with E-state index >= 15 is 0 Å². The summed E-state index contributed by atoms with van der Waals surface area (Å²) >= 11 is 6.11. The van der Waals surface area contributed by atoms with E-state index in [0.29, 0.717) is 34.2 Å². The predicted octanol–water partition coefficient (Wildman–Crippen LogP) is 3.71. The molecule has 0 unspecified atom stereocenters. The first-order valence-electron chi connectivity index (χ1n) is 6.92. The van der Waals surface area contributed by atoms with Gasteiger partial charge in [0.05, 0.1) is 11.4 Å². The highest BCUT2D eigenvalue weighted by molar-refractivity contribution is 6.31. The fourth-order valence-electron chi connectivity index (χ4n) is 2.30. The third kappa shape index (κ3) is 3.68. The molecule has 0 saturated heterocycles. The molecule has 0 bridgehead atoms. The summed E-state index contributed by atoms with van der Waals surface area (Å²) in [5.74, 6) is 0.120. The largest absolute Gasteiger partial charge is 0.362 e. The minimum absolute atomic E-state index is 0.348. The molecule has 0 saturated carbocycles. The Labute approximate surface area is 139 Å². The lowest BCUT2D eigenvalue weighted by Gasteiger charge is -2.25. The van der Waals surface area contributed by atoms with Gasteiger partial charge in [-0.25, -0.2) is 4.39 Å². The van der Waals surface area contributed by atoms with Gasteiger partial charge < -0.3 is 9.80 Å². The molecule has 23 heavy (non-hydrogen) atoms. The number of amides is 1. The van der Waals surface area contributed by atoms with Crippen LogP contribution in [-0.4, -0.2) is 38.3 Å². The number of carbonyl (C=O) groups is 1. The van der Waals surface area contributed by atoms with Crippen molar-refractivity contribution in [2.75, 3.05) is 26.0 Å². The monoisotopic (exact) mass is 333 g/mol. The molecule has 0 aromatic heterocycles. The minimum atomic E-state index is -0.348. The second-order valence-electron chi connectivity index (χ2n) is 5.12. The van der Waals surface area contributed by atoms with Gasteiger partial charge in [-0.1, -0.05) is 23.7 Å². The molecule has 0 heterocycles. The first kappa shape index (κ1) is 17.0. The van der Waals surface area contributed by atoms with Gasteiger partial charge >= 0.3 is 0 Å². The van der Waals surface area contributed by atoms with Gasteiger partial charge in [0.25, 0.3) is 0 Å². The molecular formula is C17H17ClFN3O. The van der Waals surface area contributed by atoms with Crippen molar-refractivity contribution in [3.8, 4) is 0 Å². The van der Waals surface area contributed by atoms with Crippen molar-refractivity contribution in [1.82, 2.24) is 4.90 Å². The van der Waals surface area contributed by atoms with E-state index in [0.717, 1.165) is 0 Å². The van der Waals surface area contributed by atoms with Crippen molar-refractivity contribution >= 4 is 35.2 Å². The van der Waals surface area contributed by atoms with E-state index in [1.807, 2.05) is 0 Å². The summed E-state index contributed by atoms with van der Waals surface area (Å²) in [5.41, 5.74) is 1.73. The third-order valence-electron chi connectivity index (χ3n) is 3.37. The number of aliphatic imine (C=N–C) groups is 1. The molecule has 0 radical (unpaired) electrons. The van der Waals surface area contributed by atoms with Crippen LogP contribution < -0.4 is 4.90 Å². The summed E-state index contributed by atoms with van der Waals surface area (Å²) < 4.78 is 14.1. The number of anilines is 2. The molecule has 0 aliphatic rings. The highest BCUT2D eigenvalue weighted by atomic mass is 35.5. The molecule has 120 valence electrons. The summed E-state index contributed by atoms with van der Waals surface area (Å²) in [7, 11) is 5.30. The molecule has 4 nitrogen and oxygen atoms in total. The Hall–Kier alpha value is -2.40. The third-order valence-corrected chi connectivity index (χ3v) is 3.61. The van der Waals surface area contributed by atoms with Crippen LogP contribution in [0.3, 0.4) is 0 Å². The maximum atomic E-state index is 14.1. The smallest absolute Gasteiger partial charge is 0.234 e. The molecule has 0 fully saturated rings. The molecule has 2 aromatic carbocycles. The molecule has 0 atom stereocenters. The van der Waals surface area contributed by atoms with Gasteiger partial charge in [0.2, 0.25) is 6.41 Å². The average Bonchev–Trinajstić information content (AvgIpc) is 2.52. The molecule has 2 aromatic rings. The second kappa shape index (κ2) is 7.24. The Kier molecular flexibility index (Phi) is 5.34. The number of amidine groups is 1. The van der Waals surface area contributed by atoms with Gasteiger partial charge in [-0.05, 0) is 30.3 Å². The van der Waals surface area contributed by atoms with Gasteiger partial charge in [-0.2, -0.15) is 4.99 Å². The highest BCUT2D eigenvalue weighted by Crippen LogP contribution is 2.32. The van der Waals surface area contributed by atoms with Crippen LogP contribution in [0, 0.1) is 5.82 Å². The van der Waals surface area contributed by atoms with E-state index < -0.39 is 0 Å². The van der Waals surface area contributed by atoms with Crippen LogP contribution in [0.5, 0.6) is 0 Å². The number of halogens is 2. The molecule has 1 amide bonds. The van der Waals surface area contributed by atoms with Gasteiger partial charge in [-0.3, -0.25) is 4.79 Å². The molecular weight excluding hydrogens is 317 g/mol. The molecule has 6 heteroatoms. The van der Waals surface area contributed by atoms with Crippen LogP contribution in [0.4, 0.5) is 15.8 Å². The van der Waals surface area contributed by atoms with Crippen molar-refractivity contribution in [2.45, 2.75) is 0 Å². The fourth-order valence-corrected chi connectivity index (χ4v) is 2.47. The zero-order valence-corrected chi connectivity index (χ0v) is 13.9. The van der Waals surface area contributed by atoms with Gasteiger partial charge in [0.15, 0.2) is 0 Å². The summed E-state index contributed by atoms with van der Waals surface area (Å²) in [6.45, 7) is 0. The molecule has 0 N–H and O–H groups in total. The van der Waals surface area contributed by atoms with Crippen molar-refractivity contribution in [3.05, 3.63) is 58.9 Å². The van der Waals surface area contributed by atoms with Crippen LogP contribution in [0.25, 0.3) is 0 Å². The highest BCUT2D eigenvalue weighted by Gasteiger charge is 2.18. The molecule has 2 rings (SSSR count). The number of benzene rings is 2. The Balaban J connectivity index is 2.62. The summed E-state index contributed by atoms with van der Waals surface area (Å²) in [6.07, 6.45) is 0.483. The van der Waals surface area contributed by atoms with Crippen LogP contribution in [0.2, 0.25) is 5.02 Å². The second-order valence-corrected chi connectivity index (χ2v) is 5.56. The lowest BCUT2D eigenvalue weighted by Crippen LogP contribution is -2.26. The number of hydrogen-bond acceptors (Lipinski definition) is 2. The molecule has 0 aliphatic heterocycles. The predicted molar refractivity (Wildman–Crippen MR) is 92.2 cm³/mol. The molecule has 0 spiro atoms.